The molecule has 0 bridgehead atoms. The van der Waals surface area contributed by atoms with Gasteiger partial charge in [0, 0.05) is 11.7 Å². The number of nitrogens with zero attached hydrogens (tertiary/aromatic N) is 1. The van der Waals surface area contributed by atoms with Crippen molar-refractivity contribution in [1.82, 2.24) is 4.98 Å². The van der Waals surface area contributed by atoms with E-state index < -0.39 is 0 Å². The zero-order chi connectivity index (χ0) is 8.97. The van der Waals surface area contributed by atoms with Crippen LogP contribution < -0.4 is 5.73 Å². The second kappa shape index (κ2) is 4.16. The summed E-state index contributed by atoms with van der Waals surface area (Å²) >= 11 is 0. The van der Waals surface area contributed by atoms with Crippen molar-refractivity contribution in [3.05, 3.63) is 29.8 Å². The van der Waals surface area contributed by atoms with Crippen LogP contribution in [0.15, 0.2) is 18.3 Å². The van der Waals surface area contributed by atoms with Crippen molar-refractivity contribution in [3.8, 4) is 0 Å². The van der Waals surface area contributed by atoms with Crippen LogP contribution in [0.4, 0.5) is 4.39 Å². The van der Waals surface area contributed by atoms with Crippen LogP contribution in [0, 0.1) is 5.82 Å². The molecular formula is C9H13FN2. The van der Waals surface area contributed by atoms with Gasteiger partial charge in [-0.05, 0) is 31.9 Å². The molecule has 2 N–H and O–H groups in total. The minimum atomic E-state index is -0.292. The minimum absolute atomic E-state index is 0.178. The third kappa shape index (κ3) is 2.96. The van der Waals surface area contributed by atoms with Crippen molar-refractivity contribution in [1.29, 1.82) is 0 Å². The second-order valence-electron chi connectivity index (χ2n) is 2.98. The van der Waals surface area contributed by atoms with Crippen LogP contribution in [0.3, 0.4) is 0 Å². The third-order valence-electron chi connectivity index (χ3n) is 1.64. The maximum atomic E-state index is 12.4. The Kier molecular flexibility index (Phi) is 3.17. The molecule has 1 aromatic rings. The second-order valence-corrected chi connectivity index (χ2v) is 2.98. The van der Waals surface area contributed by atoms with Gasteiger partial charge in [0.05, 0.1) is 6.20 Å². The molecule has 1 heterocycles. The van der Waals surface area contributed by atoms with Crippen LogP contribution >= 0.6 is 0 Å². The van der Waals surface area contributed by atoms with Crippen molar-refractivity contribution < 1.29 is 4.39 Å². The number of halogens is 1. The number of aryl methyl sites for hydroxylation is 1. The lowest BCUT2D eigenvalue weighted by Gasteiger charge is -2.03. The quantitative estimate of drug-likeness (QED) is 0.742. The predicted octanol–water partition coefficient (Wildman–Crippen LogP) is 1.50. The van der Waals surface area contributed by atoms with Crippen LogP contribution in [0.5, 0.6) is 0 Å². The molecule has 0 saturated carbocycles. The molecule has 12 heavy (non-hydrogen) atoms. The molecule has 0 aliphatic rings. The van der Waals surface area contributed by atoms with E-state index in [4.69, 9.17) is 5.73 Å². The van der Waals surface area contributed by atoms with Gasteiger partial charge < -0.3 is 5.73 Å². The van der Waals surface area contributed by atoms with Crippen LogP contribution in [-0.2, 0) is 6.42 Å². The SMILES string of the molecule is C[C@H](N)CCc1ccc(F)cn1. The van der Waals surface area contributed by atoms with Gasteiger partial charge >= 0.3 is 0 Å². The molecule has 0 unspecified atom stereocenters. The Morgan fingerprint density at radius 2 is 2.33 bits per heavy atom. The van der Waals surface area contributed by atoms with E-state index in [2.05, 4.69) is 4.98 Å². The number of hydrogen-bond acceptors (Lipinski definition) is 2. The molecule has 2 nitrogen and oxygen atoms in total. The maximum Gasteiger partial charge on any atom is 0.141 e. The highest BCUT2D eigenvalue weighted by molar-refractivity contribution is 5.05. The molecule has 1 rings (SSSR count). The van der Waals surface area contributed by atoms with Gasteiger partial charge in [-0.25, -0.2) is 4.39 Å². The molecule has 1 atom stereocenters. The molecule has 66 valence electrons. The van der Waals surface area contributed by atoms with Crippen molar-refractivity contribution in [2.24, 2.45) is 5.73 Å². The molecular weight excluding hydrogens is 155 g/mol. The van der Waals surface area contributed by atoms with Gasteiger partial charge in [0.15, 0.2) is 0 Å². The lowest BCUT2D eigenvalue weighted by molar-refractivity contribution is 0.614. The average Bonchev–Trinajstić information content (AvgIpc) is 2.03. The first kappa shape index (κ1) is 9.13. The van der Waals surface area contributed by atoms with Crippen LogP contribution in [-0.4, -0.2) is 11.0 Å². The van der Waals surface area contributed by atoms with E-state index in [1.54, 1.807) is 6.07 Å². The summed E-state index contributed by atoms with van der Waals surface area (Å²) in [4.78, 5) is 3.92. The summed E-state index contributed by atoms with van der Waals surface area (Å²) in [5.41, 5.74) is 6.47. The molecule has 0 aliphatic carbocycles. The van der Waals surface area contributed by atoms with Crippen LogP contribution in [0.25, 0.3) is 0 Å². The highest BCUT2D eigenvalue weighted by Gasteiger charge is 1.97. The molecule has 0 amide bonds. The van der Waals surface area contributed by atoms with Gasteiger partial charge in [0.2, 0.25) is 0 Å². The average molecular weight is 168 g/mol. The van der Waals surface area contributed by atoms with Crippen molar-refractivity contribution >= 4 is 0 Å². The van der Waals surface area contributed by atoms with Gasteiger partial charge in [-0.15, -0.1) is 0 Å². The lowest BCUT2D eigenvalue weighted by Crippen LogP contribution is -2.15. The summed E-state index contributed by atoms with van der Waals surface area (Å²) < 4.78 is 12.4. The first-order chi connectivity index (χ1) is 5.68. The van der Waals surface area contributed by atoms with Gasteiger partial charge in [-0.1, -0.05) is 0 Å². The number of hydrogen-bond donors (Lipinski definition) is 1. The van der Waals surface area contributed by atoms with Crippen LogP contribution in [0.1, 0.15) is 19.0 Å². The maximum absolute atomic E-state index is 12.4. The topological polar surface area (TPSA) is 38.9 Å². The van der Waals surface area contributed by atoms with E-state index in [1.165, 1.54) is 12.3 Å². The van der Waals surface area contributed by atoms with E-state index in [1.807, 2.05) is 6.92 Å². The molecule has 0 aromatic carbocycles. The number of pyridine rings is 1. The molecule has 0 spiro atoms. The van der Waals surface area contributed by atoms with Crippen LogP contribution in [0.2, 0.25) is 0 Å². The fourth-order valence-corrected chi connectivity index (χ4v) is 0.930. The van der Waals surface area contributed by atoms with Crippen molar-refractivity contribution in [2.45, 2.75) is 25.8 Å². The van der Waals surface area contributed by atoms with Crippen molar-refractivity contribution in [3.63, 3.8) is 0 Å². The zero-order valence-corrected chi connectivity index (χ0v) is 7.13. The summed E-state index contributed by atoms with van der Waals surface area (Å²) in [5, 5.41) is 0. The Labute approximate surface area is 71.6 Å². The third-order valence-corrected chi connectivity index (χ3v) is 1.64. The molecule has 0 radical (unpaired) electrons. The monoisotopic (exact) mass is 168 g/mol. The molecule has 0 fully saturated rings. The van der Waals surface area contributed by atoms with E-state index in [0.29, 0.717) is 0 Å². The Balaban J connectivity index is 2.48. The summed E-state index contributed by atoms with van der Waals surface area (Å²) in [5.74, 6) is -0.292. The summed E-state index contributed by atoms with van der Waals surface area (Å²) in [6.07, 6.45) is 2.94. The van der Waals surface area contributed by atoms with Crippen molar-refractivity contribution in [2.75, 3.05) is 0 Å². The fraction of sp³-hybridized carbons (Fsp3) is 0.444. The number of rotatable bonds is 3. The largest absolute Gasteiger partial charge is 0.328 e. The van der Waals surface area contributed by atoms with E-state index in [0.717, 1.165) is 18.5 Å². The van der Waals surface area contributed by atoms with E-state index >= 15 is 0 Å². The Hall–Kier alpha value is -0.960. The molecule has 3 heteroatoms. The van der Waals surface area contributed by atoms with Gasteiger partial charge in [-0.3, -0.25) is 4.98 Å². The Morgan fingerprint density at radius 3 is 2.83 bits per heavy atom. The summed E-state index contributed by atoms with van der Waals surface area (Å²) in [7, 11) is 0. The van der Waals surface area contributed by atoms with Gasteiger partial charge in [0.1, 0.15) is 5.82 Å². The lowest BCUT2D eigenvalue weighted by atomic mass is 10.1. The van der Waals surface area contributed by atoms with Gasteiger partial charge in [-0.2, -0.15) is 0 Å². The standard InChI is InChI=1S/C9H13FN2/c1-7(11)2-4-9-5-3-8(10)6-12-9/h3,5-7H,2,4,11H2,1H3/t7-/m0/s1. The normalized spacial score (nSPS) is 12.9. The smallest absolute Gasteiger partial charge is 0.141 e. The number of nitrogens with two attached hydrogens (primary N) is 1. The highest BCUT2D eigenvalue weighted by atomic mass is 19.1. The van der Waals surface area contributed by atoms with Gasteiger partial charge in [0.25, 0.3) is 0 Å². The first-order valence-corrected chi connectivity index (χ1v) is 4.04. The Morgan fingerprint density at radius 1 is 1.58 bits per heavy atom. The number of aromatic nitrogens is 1. The molecule has 1 aromatic heterocycles. The first-order valence-electron chi connectivity index (χ1n) is 4.04. The minimum Gasteiger partial charge on any atom is -0.328 e. The van der Waals surface area contributed by atoms with E-state index in [-0.39, 0.29) is 11.9 Å². The fourth-order valence-electron chi connectivity index (χ4n) is 0.930. The summed E-state index contributed by atoms with van der Waals surface area (Å²) in [6.45, 7) is 1.95. The zero-order valence-electron chi connectivity index (χ0n) is 7.13. The predicted molar refractivity (Wildman–Crippen MR) is 46.2 cm³/mol. The molecule has 0 aliphatic heterocycles. The highest BCUT2D eigenvalue weighted by Crippen LogP contribution is 2.02. The Bertz CT molecular complexity index is 231. The molecule has 0 saturated heterocycles. The van der Waals surface area contributed by atoms with E-state index in [9.17, 15) is 4.39 Å². The summed E-state index contributed by atoms with van der Waals surface area (Å²) in [6, 6.07) is 3.29.